The molecule has 10 heteroatoms. The second kappa shape index (κ2) is 6.34. The molecule has 0 atom stereocenters. The SMILES string of the molecule is COC(=O)c1c(N)c(C#N)cn1-c1c([N+](=O)[O-])cc(Cl)c2ccncc12. The van der Waals surface area contributed by atoms with Gasteiger partial charge in [0.05, 0.1) is 28.3 Å². The van der Waals surface area contributed by atoms with E-state index in [9.17, 15) is 20.2 Å². The lowest BCUT2D eigenvalue weighted by Crippen LogP contribution is -2.12. The van der Waals surface area contributed by atoms with Crippen molar-refractivity contribution in [3.8, 4) is 11.8 Å². The van der Waals surface area contributed by atoms with Crippen molar-refractivity contribution in [3.63, 3.8) is 0 Å². The molecule has 1 aromatic carbocycles. The third-order valence-corrected chi connectivity index (χ3v) is 4.13. The van der Waals surface area contributed by atoms with Gasteiger partial charge in [0.2, 0.25) is 0 Å². The van der Waals surface area contributed by atoms with Crippen molar-refractivity contribution in [1.82, 2.24) is 9.55 Å². The summed E-state index contributed by atoms with van der Waals surface area (Å²) in [7, 11) is 1.14. The first-order chi connectivity index (χ1) is 12.4. The molecule has 9 nitrogen and oxygen atoms in total. The Kier molecular flexibility index (Phi) is 4.19. The Morgan fingerprint density at radius 3 is 2.85 bits per heavy atom. The maximum atomic E-state index is 12.2. The number of esters is 1. The number of anilines is 1. The van der Waals surface area contributed by atoms with Crippen LogP contribution in [0.25, 0.3) is 16.5 Å². The molecular weight excluding hydrogens is 362 g/mol. The number of hydrogen-bond donors (Lipinski definition) is 1. The molecule has 0 spiro atoms. The third kappa shape index (κ3) is 2.49. The van der Waals surface area contributed by atoms with Gasteiger partial charge in [0.1, 0.15) is 11.8 Å². The number of carbonyl (C=O) groups excluding carboxylic acids is 1. The van der Waals surface area contributed by atoms with Crippen molar-refractivity contribution in [3.05, 3.63) is 57.1 Å². The van der Waals surface area contributed by atoms with Crippen molar-refractivity contribution in [2.45, 2.75) is 0 Å². The number of pyridine rings is 1. The van der Waals surface area contributed by atoms with Gasteiger partial charge in [-0.2, -0.15) is 5.26 Å². The van der Waals surface area contributed by atoms with Crippen LogP contribution in [-0.2, 0) is 4.74 Å². The van der Waals surface area contributed by atoms with E-state index in [0.717, 1.165) is 11.7 Å². The Balaban J connectivity index is 2.53. The van der Waals surface area contributed by atoms with Gasteiger partial charge in [-0.05, 0) is 6.07 Å². The zero-order valence-corrected chi connectivity index (χ0v) is 14.0. The first kappa shape index (κ1) is 17.2. The highest BCUT2D eigenvalue weighted by Gasteiger charge is 2.28. The predicted octanol–water partition coefficient (Wildman–Crippen LogP) is 2.83. The Morgan fingerprint density at radius 2 is 2.23 bits per heavy atom. The minimum Gasteiger partial charge on any atom is -0.464 e. The fraction of sp³-hybridized carbons (Fsp3) is 0.0625. The number of fused-ring (bicyclic) bond motifs is 1. The topological polar surface area (TPSA) is 137 Å². The van der Waals surface area contributed by atoms with Crippen LogP contribution in [0.4, 0.5) is 11.4 Å². The number of nitrogens with two attached hydrogens (primary N) is 1. The lowest BCUT2D eigenvalue weighted by Gasteiger charge is -2.12. The van der Waals surface area contributed by atoms with Crippen molar-refractivity contribution < 1.29 is 14.5 Å². The number of halogens is 1. The number of nitro benzene ring substituents is 1. The molecule has 3 rings (SSSR count). The van der Waals surface area contributed by atoms with E-state index in [0.29, 0.717) is 10.8 Å². The number of hydrogen-bond acceptors (Lipinski definition) is 7. The zero-order chi connectivity index (χ0) is 19.0. The van der Waals surface area contributed by atoms with Gasteiger partial charge in [0, 0.05) is 35.4 Å². The first-order valence-electron chi connectivity index (χ1n) is 7.11. The number of methoxy groups -OCH3 is 1. The summed E-state index contributed by atoms with van der Waals surface area (Å²) < 4.78 is 5.88. The number of nitro groups is 1. The number of rotatable bonds is 3. The fourth-order valence-electron chi connectivity index (χ4n) is 2.68. The smallest absolute Gasteiger partial charge is 0.357 e. The number of ether oxygens (including phenoxy) is 1. The second-order valence-corrected chi connectivity index (χ2v) is 5.59. The van der Waals surface area contributed by atoms with Gasteiger partial charge in [-0.3, -0.25) is 15.1 Å². The molecule has 0 unspecified atom stereocenters. The summed E-state index contributed by atoms with van der Waals surface area (Å²) in [5, 5.41) is 21.8. The number of nitrogens with zero attached hydrogens (tertiary/aromatic N) is 4. The molecule has 3 aromatic rings. The molecule has 0 saturated heterocycles. The minimum absolute atomic E-state index is 0.0103. The van der Waals surface area contributed by atoms with Crippen LogP contribution in [0.1, 0.15) is 16.1 Å². The lowest BCUT2D eigenvalue weighted by atomic mass is 10.1. The number of benzene rings is 1. The van der Waals surface area contributed by atoms with Gasteiger partial charge in [0.25, 0.3) is 5.69 Å². The molecule has 0 fully saturated rings. The summed E-state index contributed by atoms with van der Waals surface area (Å²) in [6, 6.07) is 4.60. The summed E-state index contributed by atoms with van der Waals surface area (Å²) in [6.07, 6.45) is 4.10. The molecule has 0 bridgehead atoms. The molecule has 0 aliphatic carbocycles. The molecule has 130 valence electrons. The summed E-state index contributed by atoms with van der Waals surface area (Å²) in [5.74, 6) is -0.842. The van der Waals surface area contributed by atoms with Gasteiger partial charge in [-0.25, -0.2) is 4.79 Å². The van der Waals surface area contributed by atoms with E-state index in [1.807, 2.05) is 6.07 Å². The summed E-state index contributed by atoms with van der Waals surface area (Å²) in [5.41, 5.74) is 5.15. The molecule has 0 aliphatic rings. The van der Waals surface area contributed by atoms with Crippen LogP contribution in [0.15, 0.2) is 30.7 Å². The first-order valence-corrected chi connectivity index (χ1v) is 7.48. The Hall–Kier alpha value is -3.64. The molecule has 0 saturated carbocycles. The Labute approximate surface area is 151 Å². The average Bonchev–Trinajstić information content (AvgIpc) is 2.97. The summed E-state index contributed by atoms with van der Waals surface area (Å²) in [6.45, 7) is 0. The minimum atomic E-state index is -0.842. The second-order valence-electron chi connectivity index (χ2n) is 5.18. The van der Waals surface area contributed by atoms with Gasteiger partial charge >= 0.3 is 5.97 Å². The van der Waals surface area contributed by atoms with E-state index in [4.69, 9.17) is 22.1 Å². The summed E-state index contributed by atoms with van der Waals surface area (Å²) in [4.78, 5) is 27.1. The highest BCUT2D eigenvalue weighted by atomic mass is 35.5. The number of carbonyl (C=O) groups is 1. The van der Waals surface area contributed by atoms with E-state index in [1.54, 1.807) is 6.07 Å². The van der Waals surface area contributed by atoms with E-state index in [1.165, 1.54) is 24.7 Å². The van der Waals surface area contributed by atoms with Crippen molar-refractivity contribution in [2.75, 3.05) is 12.8 Å². The van der Waals surface area contributed by atoms with Crippen LogP contribution in [-0.4, -0.2) is 27.6 Å². The number of aromatic nitrogens is 2. The quantitative estimate of drug-likeness (QED) is 0.424. The Morgan fingerprint density at radius 1 is 1.50 bits per heavy atom. The van der Waals surface area contributed by atoms with E-state index < -0.39 is 10.9 Å². The Bertz CT molecular complexity index is 1120. The number of nitrogen functional groups attached to an aromatic ring is 1. The van der Waals surface area contributed by atoms with Crippen LogP contribution in [0.5, 0.6) is 0 Å². The van der Waals surface area contributed by atoms with Crippen LogP contribution in [0.2, 0.25) is 5.02 Å². The molecule has 0 aliphatic heterocycles. The molecule has 2 aromatic heterocycles. The van der Waals surface area contributed by atoms with Gasteiger partial charge in [-0.15, -0.1) is 0 Å². The maximum absolute atomic E-state index is 12.2. The maximum Gasteiger partial charge on any atom is 0.357 e. The van der Waals surface area contributed by atoms with E-state index in [2.05, 4.69) is 4.98 Å². The van der Waals surface area contributed by atoms with Gasteiger partial charge in [0.15, 0.2) is 5.69 Å². The largest absolute Gasteiger partial charge is 0.464 e. The molecule has 0 radical (unpaired) electrons. The third-order valence-electron chi connectivity index (χ3n) is 3.82. The molecule has 2 heterocycles. The van der Waals surface area contributed by atoms with E-state index in [-0.39, 0.29) is 33.3 Å². The normalized spacial score (nSPS) is 10.5. The van der Waals surface area contributed by atoms with Gasteiger partial charge in [-0.1, -0.05) is 11.6 Å². The zero-order valence-electron chi connectivity index (χ0n) is 13.3. The lowest BCUT2D eigenvalue weighted by molar-refractivity contribution is -0.384. The number of nitriles is 1. The monoisotopic (exact) mass is 371 g/mol. The van der Waals surface area contributed by atoms with Crippen LogP contribution in [0, 0.1) is 21.4 Å². The van der Waals surface area contributed by atoms with Crippen LogP contribution < -0.4 is 5.73 Å². The molecule has 0 amide bonds. The fourth-order valence-corrected chi connectivity index (χ4v) is 2.95. The molecular formula is C16H10ClN5O4. The molecule has 2 N–H and O–H groups in total. The highest BCUT2D eigenvalue weighted by molar-refractivity contribution is 6.36. The molecule has 26 heavy (non-hydrogen) atoms. The highest BCUT2D eigenvalue weighted by Crippen LogP contribution is 2.38. The van der Waals surface area contributed by atoms with Crippen molar-refractivity contribution in [1.29, 1.82) is 5.26 Å². The van der Waals surface area contributed by atoms with Crippen LogP contribution in [0.3, 0.4) is 0 Å². The van der Waals surface area contributed by atoms with Crippen molar-refractivity contribution >= 4 is 39.7 Å². The average molecular weight is 372 g/mol. The standard InChI is InChI=1S/C16H10ClN5O4/c1-26-16(23)15-13(19)8(5-18)7-21(15)14-10-6-20-3-2-9(10)11(17)4-12(14)22(24)25/h2-4,6-7H,19H2,1H3. The predicted molar refractivity (Wildman–Crippen MR) is 93.2 cm³/mol. The van der Waals surface area contributed by atoms with E-state index >= 15 is 0 Å². The van der Waals surface area contributed by atoms with Crippen molar-refractivity contribution in [2.24, 2.45) is 0 Å². The van der Waals surface area contributed by atoms with Gasteiger partial charge < -0.3 is 15.0 Å². The van der Waals surface area contributed by atoms with Crippen LogP contribution >= 0.6 is 11.6 Å². The summed E-state index contributed by atoms with van der Waals surface area (Å²) >= 11 is 6.15.